The van der Waals surface area contributed by atoms with Crippen molar-refractivity contribution in [1.29, 1.82) is 0 Å². The fourth-order valence-electron chi connectivity index (χ4n) is 6.39. The minimum absolute atomic E-state index is 0.107. The summed E-state index contributed by atoms with van der Waals surface area (Å²) in [6.07, 6.45) is -1.20. The second kappa shape index (κ2) is 12.0. The highest BCUT2D eigenvalue weighted by Gasteiger charge is 2.35. The largest absolute Gasteiger partial charge is 0.416 e. The molecule has 1 heterocycles. The molecule has 1 fully saturated rings. The van der Waals surface area contributed by atoms with Crippen molar-refractivity contribution in [1.82, 2.24) is 4.98 Å². The Bertz CT molecular complexity index is 1300. The third-order valence-corrected chi connectivity index (χ3v) is 8.41. The van der Waals surface area contributed by atoms with Crippen molar-refractivity contribution in [3.63, 3.8) is 0 Å². The van der Waals surface area contributed by atoms with E-state index in [-0.39, 0.29) is 23.8 Å². The molecule has 0 saturated heterocycles. The zero-order chi connectivity index (χ0) is 28.4. The second-order valence-corrected chi connectivity index (χ2v) is 11.1. The molecule has 5 rings (SSSR count). The molecular formula is C32H34F5NO2. The van der Waals surface area contributed by atoms with E-state index in [2.05, 4.69) is 0 Å². The van der Waals surface area contributed by atoms with Gasteiger partial charge in [0.2, 0.25) is 0 Å². The first kappa shape index (κ1) is 28.7. The third-order valence-electron chi connectivity index (χ3n) is 8.41. The molecule has 3 aromatic rings. The molecule has 0 spiro atoms. The Morgan fingerprint density at radius 2 is 1.70 bits per heavy atom. The van der Waals surface area contributed by atoms with E-state index >= 15 is 4.39 Å². The number of hydrogen-bond acceptors (Lipinski definition) is 3. The fraction of sp³-hybridized carbons (Fsp3) is 0.469. The lowest BCUT2D eigenvalue weighted by atomic mass is 9.76. The van der Waals surface area contributed by atoms with Gasteiger partial charge in [0.25, 0.3) is 0 Å². The molecule has 3 atom stereocenters. The van der Waals surface area contributed by atoms with E-state index in [0.29, 0.717) is 41.7 Å². The van der Waals surface area contributed by atoms with E-state index < -0.39 is 29.8 Å². The first-order valence-electron chi connectivity index (χ1n) is 14.0. The summed E-state index contributed by atoms with van der Waals surface area (Å²) in [6.45, 7) is 0.571. The van der Waals surface area contributed by atoms with Gasteiger partial charge in [-0.15, -0.1) is 0 Å². The predicted molar refractivity (Wildman–Crippen MR) is 143 cm³/mol. The van der Waals surface area contributed by atoms with Gasteiger partial charge >= 0.3 is 6.18 Å². The number of hydrogen-bond donors (Lipinski definition) is 1. The van der Waals surface area contributed by atoms with Gasteiger partial charge in [-0.2, -0.15) is 13.2 Å². The summed E-state index contributed by atoms with van der Waals surface area (Å²) in [7, 11) is 1.65. The molecule has 40 heavy (non-hydrogen) atoms. The number of aliphatic hydroxyl groups excluding tert-OH is 1. The van der Waals surface area contributed by atoms with E-state index in [1.54, 1.807) is 19.2 Å². The Balaban J connectivity index is 1.63. The van der Waals surface area contributed by atoms with Crippen LogP contribution in [0.15, 0.2) is 48.5 Å². The van der Waals surface area contributed by atoms with Crippen molar-refractivity contribution in [3.8, 4) is 11.1 Å². The van der Waals surface area contributed by atoms with Gasteiger partial charge in [-0.05, 0) is 84.5 Å². The fourth-order valence-corrected chi connectivity index (χ4v) is 6.39. The quantitative estimate of drug-likeness (QED) is 0.282. The molecular weight excluding hydrogens is 525 g/mol. The molecule has 2 aliphatic rings. The smallest absolute Gasteiger partial charge is 0.388 e. The monoisotopic (exact) mass is 559 g/mol. The topological polar surface area (TPSA) is 42.4 Å². The average Bonchev–Trinajstić information content (AvgIpc) is 3.47. The minimum Gasteiger partial charge on any atom is -0.388 e. The summed E-state index contributed by atoms with van der Waals surface area (Å²) in [5, 5.41) is 11.4. The van der Waals surface area contributed by atoms with Crippen LogP contribution in [-0.4, -0.2) is 23.8 Å². The number of ether oxygens (including phenoxy) is 1. The van der Waals surface area contributed by atoms with Crippen LogP contribution >= 0.6 is 0 Å². The van der Waals surface area contributed by atoms with Crippen LogP contribution in [0.2, 0.25) is 0 Å². The first-order chi connectivity index (χ1) is 19.2. The van der Waals surface area contributed by atoms with Gasteiger partial charge in [-0.1, -0.05) is 37.1 Å². The molecule has 2 aliphatic carbocycles. The summed E-state index contributed by atoms with van der Waals surface area (Å²) in [4.78, 5) is 5.11. The standard InChI is InChI=1S/C32H34F5NO2/c1-40-15-14-19-16-27-30(28(39)17-19)29(21-8-12-24(33)13-9-21)25(31(38-27)22-4-2-3-5-22)18-26(34)20-6-10-23(11-7-20)32(35,36)37/h6-13,19,22,26,28,39H,2-5,14-18H2,1H3. The molecule has 1 aromatic heterocycles. The number of fused-ring (bicyclic) bond motifs is 1. The number of alkyl halides is 4. The summed E-state index contributed by atoms with van der Waals surface area (Å²) < 4.78 is 74.5. The summed E-state index contributed by atoms with van der Waals surface area (Å²) in [6, 6.07) is 10.1. The molecule has 1 N–H and O–H groups in total. The van der Waals surface area contributed by atoms with Crippen LogP contribution < -0.4 is 0 Å². The Morgan fingerprint density at radius 3 is 2.33 bits per heavy atom. The van der Waals surface area contributed by atoms with E-state index in [1.165, 1.54) is 24.3 Å². The molecule has 3 nitrogen and oxygen atoms in total. The van der Waals surface area contributed by atoms with Crippen LogP contribution in [0.25, 0.3) is 11.1 Å². The van der Waals surface area contributed by atoms with Gasteiger partial charge < -0.3 is 9.84 Å². The van der Waals surface area contributed by atoms with Gasteiger partial charge in [0.1, 0.15) is 12.0 Å². The lowest BCUT2D eigenvalue weighted by Crippen LogP contribution is -2.24. The first-order valence-corrected chi connectivity index (χ1v) is 14.0. The van der Waals surface area contributed by atoms with Gasteiger partial charge in [-0.25, -0.2) is 8.78 Å². The summed E-state index contributed by atoms with van der Waals surface area (Å²) in [5.74, 6) is -0.104. The van der Waals surface area contributed by atoms with Gasteiger partial charge in [0.15, 0.2) is 0 Å². The maximum atomic E-state index is 16.0. The van der Waals surface area contributed by atoms with Gasteiger partial charge in [-0.3, -0.25) is 4.98 Å². The molecule has 8 heteroatoms. The van der Waals surface area contributed by atoms with Crippen LogP contribution in [0.1, 0.15) is 90.4 Å². The van der Waals surface area contributed by atoms with E-state index in [9.17, 15) is 22.7 Å². The molecule has 2 aromatic carbocycles. The molecule has 0 radical (unpaired) electrons. The second-order valence-electron chi connectivity index (χ2n) is 11.1. The number of aromatic nitrogens is 1. The predicted octanol–water partition coefficient (Wildman–Crippen LogP) is 8.45. The lowest BCUT2D eigenvalue weighted by Gasteiger charge is -2.33. The SMILES string of the molecule is COCCC1Cc2nc(C3CCCC3)c(CC(F)c3ccc(C(F)(F)F)cc3)c(-c3ccc(F)cc3)c2C(O)C1. The zero-order valence-electron chi connectivity index (χ0n) is 22.5. The van der Waals surface area contributed by atoms with Gasteiger partial charge in [0.05, 0.1) is 11.7 Å². The molecule has 214 valence electrons. The van der Waals surface area contributed by atoms with Crippen LogP contribution in [0.5, 0.6) is 0 Å². The zero-order valence-corrected chi connectivity index (χ0v) is 22.5. The van der Waals surface area contributed by atoms with Crippen molar-refractivity contribution in [2.45, 2.75) is 75.7 Å². The lowest BCUT2D eigenvalue weighted by molar-refractivity contribution is -0.137. The average molecular weight is 560 g/mol. The minimum atomic E-state index is -4.50. The van der Waals surface area contributed by atoms with E-state index in [4.69, 9.17) is 9.72 Å². The Morgan fingerprint density at radius 1 is 1.02 bits per heavy atom. The number of nitrogens with zero attached hydrogens (tertiary/aromatic N) is 1. The number of benzene rings is 2. The normalized spacial score (nSPS) is 20.5. The number of halogens is 5. The third kappa shape index (κ3) is 6.08. The number of aliphatic hydroxyl groups is 1. The van der Waals surface area contributed by atoms with Gasteiger partial charge in [0, 0.05) is 43.0 Å². The van der Waals surface area contributed by atoms with Crippen LogP contribution in [0, 0.1) is 11.7 Å². The van der Waals surface area contributed by atoms with Crippen molar-refractivity contribution in [2.24, 2.45) is 5.92 Å². The molecule has 0 amide bonds. The highest BCUT2D eigenvalue weighted by atomic mass is 19.4. The maximum absolute atomic E-state index is 16.0. The van der Waals surface area contributed by atoms with Crippen LogP contribution in [0.4, 0.5) is 22.0 Å². The molecule has 1 saturated carbocycles. The number of rotatable bonds is 8. The van der Waals surface area contributed by atoms with Crippen molar-refractivity contribution in [3.05, 3.63) is 88.0 Å². The van der Waals surface area contributed by atoms with Crippen molar-refractivity contribution < 1.29 is 31.8 Å². The highest BCUT2D eigenvalue weighted by molar-refractivity contribution is 5.74. The Hall–Kier alpha value is -2.84. The van der Waals surface area contributed by atoms with Crippen LogP contribution in [0.3, 0.4) is 0 Å². The van der Waals surface area contributed by atoms with Crippen LogP contribution in [-0.2, 0) is 23.8 Å². The highest BCUT2D eigenvalue weighted by Crippen LogP contribution is 2.47. The van der Waals surface area contributed by atoms with E-state index in [0.717, 1.165) is 55.6 Å². The molecule has 0 aliphatic heterocycles. The summed E-state index contributed by atoms with van der Waals surface area (Å²) >= 11 is 0. The molecule has 0 bridgehead atoms. The summed E-state index contributed by atoms with van der Waals surface area (Å²) in [5.41, 5.74) is 3.55. The Labute approximate surface area is 231 Å². The maximum Gasteiger partial charge on any atom is 0.416 e. The number of pyridine rings is 1. The van der Waals surface area contributed by atoms with Crippen molar-refractivity contribution >= 4 is 0 Å². The Kier molecular flexibility index (Phi) is 8.57. The number of methoxy groups -OCH3 is 1. The van der Waals surface area contributed by atoms with E-state index in [1.807, 2.05) is 0 Å². The van der Waals surface area contributed by atoms with Crippen molar-refractivity contribution in [2.75, 3.05) is 13.7 Å². The molecule has 3 unspecified atom stereocenters.